The maximum absolute atomic E-state index is 13.0. The SMILES string of the molecule is Fc1ccc(Nc2ccc3[nH]c(CSc4ccnc(C(F)(F)F)c4)nc3c2)cc1. The molecule has 4 aromatic rings. The van der Waals surface area contributed by atoms with Crippen molar-refractivity contribution in [1.82, 2.24) is 15.0 Å². The Morgan fingerprint density at radius 3 is 2.48 bits per heavy atom. The molecule has 0 fully saturated rings. The van der Waals surface area contributed by atoms with Crippen LogP contribution in [0.25, 0.3) is 11.0 Å². The van der Waals surface area contributed by atoms with Crippen LogP contribution in [0.15, 0.2) is 65.7 Å². The number of pyridine rings is 1. The highest BCUT2D eigenvalue weighted by Gasteiger charge is 2.32. The second-order valence-electron chi connectivity index (χ2n) is 6.21. The van der Waals surface area contributed by atoms with Gasteiger partial charge >= 0.3 is 6.18 Å². The number of hydrogen-bond donors (Lipinski definition) is 2. The first-order valence-corrected chi connectivity index (χ1v) is 9.53. The zero-order valence-electron chi connectivity index (χ0n) is 14.8. The fourth-order valence-corrected chi connectivity index (χ4v) is 3.50. The number of thioether (sulfide) groups is 1. The number of nitrogens with one attached hydrogen (secondary N) is 2. The first-order chi connectivity index (χ1) is 13.9. The van der Waals surface area contributed by atoms with E-state index in [-0.39, 0.29) is 5.82 Å². The van der Waals surface area contributed by atoms with Crippen LogP contribution in [0.4, 0.5) is 28.9 Å². The van der Waals surface area contributed by atoms with Gasteiger partial charge < -0.3 is 10.3 Å². The summed E-state index contributed by atoms with van der Waals surface area (Å²) in [4.78, 5) is 11.5. The van der Waals surface area contributed by atoms with Crippen LogP contribution in [0.2, 0.25) is 0 Å². The summed E-state index contributed by atoms with van der Waals surface area (Å²) in [5.41, 5.74) is 2.16. The van der Waals surface area contributed by atoms with Crippen molar-refractivity contribution < 1.29 is 17.6 Å². The Morgan fingerprint density at radius 2 is 1.72 bits per heavy atom. The van der Waals surface area contributed by atoms with Crippen LogP contribution in [-0.2, 0) is 11.9 Å². The molecule has 0 amide bonds. The van der Waals surface area contributed by atoms with E-state index in [0.717, 1.165) is 34.7 Å². The summed E-state index contributed by atoms with van der Waals surface area (Å²) in [6.45, 7) is 0. The number of anilines is 2. The molecule has 9 heteroatoms. The fourth-order valence-electron chi connectivity index (χ4n) is 2.71. The Balaban J connectivity index is 1.47. The molecule has 0 saturated carbocycles. The summed E-state index contributed by atoms with van der Waals surface area (Å²) in [5, 5.41) is 3.17. The molecule has 148 valence electrons. The minimum Gasteiger partial charge on any atom is -0.355 e. The normalized spacial score (nSPS) is 11.7. The second-order valence-corrected chi connectivity index (χ2v) is 7.26. The predicted molar refractivity (Wildman–Crippen MR) is 105 cm³/mol. The highest BCUT2D eigenvalue weighted by atomic mass is 32.2. The number of halogens is 4. The van der Waals surface area contributed by atoms with Crippen LogP contribution < -0.4 is 5.32 Å². The summed E-state index contributed by atoms with van der Waals surface area (Å²) in [6, 6.07) is 14.1. The molecule has 0 bridgehead atoms. The van der Waals surface area contributed by atoms with E-state index in [9.17, 15) is 17.6 Å². The van der Waals surface area contributed by atoms with Crippen molar-refractivity contribution in [3.05, 3.63) is 78.1 Å². The molecule has 2 heterocycles. The van der Waals surface area contributed by atoms with Crippen LogP contribution in [0.3, 0.4) is 0 Å². The molecule has 0 radical (unpaired) electrons. The number of rotatable bonds is 5. The smallest absolute Gasteiger partial charge is 0.355 e. The predicted octanol–water partition coefficient (Wildman–Crippen LogP) is 6.15. The number of alkyl halides is 3. The van der Waals surface area contributed by atoms with Crippen LogP contribution in [0, 0.1) is 5.82 Å². The number of aromatic amines is 1. The second kappa shape index (κ2) is 7.75. The van der Waals surface area contributed by atoms with Crippen LogP contribution in [0.1, 0.15) is 11.5 Å². The highest BCUT2D eigenvalue weighted by Crippen LogP contribution is 2.31. The molecule has 2 N–H and O–H groups in total. The zero-order valence-corrected chi connectivity index (χ0v) is 15.6. The van der Waals surface area contributed by atoms with Gasteiger partial charge in [0.1, 0.15) is 17.3 Å². The van der Waals surface area contributed by atoms with E-state index in [1.807, 2.05) is 18.2 Å². The van der Waals surface area contributed by atoms with Crippen molar-refractivity contribution in [2.45, 2.75) is 16.8 Å². The molecule has 0 aliphatic heterocycles. The van der Waals surface area contributed by atoms with Gasteiger partial charge in [-0.15, -0.1) is 11.8 Å². The molecule has 0 spiro atoms. The lowest BCUT2D eigenvalue weighted by molar-refractivity contribution is -0.141. The Hall–Kier alpha value is -3.07. The summed E-state index contributed by atoms with van der Waals surface area (Å²) in [5.74, 6) is 0.725. The van der Waals surface area contributed by atoms with E-state index in [4.69, 9.17) is 0 Å². The molecule has 0 unspecified atom stereocenters. The van der Waals surface area contributed by atoms with Crippen molar-refractivity contribution in [1.29, 1.82) is 0 Å². The first kappa shape index (κ1) is 19.3. The Bertz CT molecular complexity index is 1140. The van der Waals surface area contributed by atoms with Gasteiger partial charge in [-0.05, 0) is 54.6 Å². The van der Waals surface area contributed by atoms with Crippen molar-refractivity contribution in [2.75, 3.05) is 5.32 Å². The molecule has 4 rings (SSSR count). The first-order valence-electron chi connectivity index (χ1n) is 8.54. The third-order valence-electron chi connectivity index (χ3n) is 4.06. The number of fused-ring (bicyclic) bond motifs is 1. The summed E-state index contributed by atoms with van der Waals surface area (Å²) >= 11 is 1.24. The van der Waals surface area contributed by atoms with E-state index < -0.39 is 11.9 Å². The average Bonchev–Trinajstić information content (AvgIpc) is 3.10. The lowest BCUT2D eigenvalue weighted by Gasteiger charge is -2.06. The van der Waals surface area contributed by atoms with E-state index in [0.29, 0.717) is 16.5 Å². The van der Waals surface area contributed by atoms with Crippen LogP contribution in [-0.4, -0.2) is 15.0 Å². The fraction of sp³-hybridized carbons (Fsp3) is 0.100. The molecular weight excluding hydrogens is 404 g/mol. The Morgan fingerprint density at radius 1 is 0.966 bits per heavy atom. The van der Waals surface area contributed by atoms with Gasteiger partial charge in [0.15, 0.2) is 0 Å². The molecule has 0 saturated heterocycles. The van der Waals surface area contributed by atoms with Gasteiger partial charge in [0.05, 0.1) is 16.8 Å². The van der Waals surface area contributed by atoms with Crippen LogP contribution >= 0.6 is 11.8 Å². The third-order valence-corrected chi connectivity index (χ3v) is 5.07. The van der Waals surface area contributed by atoms with Gasteiger partial charge in [0.25, 0.3) is 0 Å². The Labute approximate surface area is 167 Å². The highest BCUT2D eigenvalue weighted by molar-refractivity contribution is 7.98. The molecule has 0 atom stereocenters. The lowest BCUT2D eigenvalue weighted by Crippen LogP contribution is -2.07. The summed E-state index contributed by atoms with van der Waals surface area (Å²) in [6.07, 6.45) is -3.32. The van der Waals surface area contributed by atoms with E-state index in [1.54, 1.807) is 12.1 Å². The molecule has 4 nitrogen and oxygen atoms in total. The quantitative estimate of drug-likeness (QED) is 0.301. The maximum atomic E-state index is 13.0. The minimum atomic E-state index is -4.47. The monoisotopic (exact) mass is 418 g/mol. The van der Waals surface area contributed by atoms with Crippen molar-refractivity contribution in [2.24, 2.45) is 0 Å². The van der Waals surface area contributed by atoms with Crippen molar-refractivity contribution in [3.8, 4) is 0 Å². The largest absolute Gasteiger partial charge is 0.433 e. The van der Waals surface area contributed by atoms with Gasteiger partial charge in [0, 0.05) is 22.5 Å². The number of nitrogens with zero attached hydrogens (tertiary/aromatic N) is 2. The lowest BCUT2D eigenvalue weighted by atomic mass is 10.2. The number of aromatic nitrogens is 3. The van der Waals surface area contributed by atoms with Gasteiger partial charge in [-0.1, -0.05) is 0 Å². The van der Waals surface area contributed by atoms with Gasteiger partial charge in [-0.25, -0.2) is 9.37 Å². The van der Waals surface area contributed by atoms with Crippen molar-refractivity contribution in [3.63, 3.8) is 0 Å². The van der Waals surface area contributed by atoms with Gasteiger partial charge in [-0.2, -0.15) is 13.2 Å². The summed E-state index contributed by atoms with van der Waals surface area (Å²) in [7, 11) is 0. The Kier molecular flexibility index (Phi) is 5.14. The summed E-state index contributed by atoms with van der Waals surface area (Å²) < 4.78 is 51.3. The molecule has 0 aliphatic rings. The zero-order chi connectivity index (χ0) is 20.4. The van der Waals surface area contributed by atoms with E-state index in [2.05, 4.69) is 20.3 Å². The van der Waals surface area contributed by atoms with Crippen molar-refractivity contribution >= 4 is 34.2 Å². The molecule has 0 aliphatic carbocycles. The molecule has 2 aromatic carbocycles. The number of hydrogen-bond acceptors (Lipinski definition) is 4. The number of H-pyrrole nitrogens is 1. The van der Waals surface area contributed by atoms with Gasteiger partial charge in [0.2, 0.25) is 0 Å². The number of imidazole rings is 1. The molecular formula is C20H14F4N4S. The standard InChI is InChI=1S/C20H14F4N4S/c21-12-1-3-13(4-2-12)26-14-5-6-16-17(9-14)28-19(27-16)11-29-15-7-8-25-18(10-15)20(22,23)24/h1-10,26H,11H2,(H,27,28). The molecule has 2 aromatic heterocycles. The maximum Gasteiger partial charge on any atom is 0.433 e. The van der Waals surface area contributed by atoms with E-state index >= 15 is 0 Å². The van der Waals surface area contributed by atoms with Crippen LogP contribution in [0.5, 0.6) is 0 Å². The number of benzene rings is 2. The topological polar surface area (TPSA) is 53.6 Å². The minimum absolute atomic E-state index is 0.308. The van der Waals surface area contributed by atoms with E-state index in [1.165, 1.54) is 30.0 Å². The molecule has 29 heavy (non-hydrogen) atoms. The average molecular weight is 418 g/mol. The third kappa shape index (κ3) is 4.68. The van der Waals surface area contributed by atoms with Gasteiger partial charge in [-0.3, -0.25) is 4.98 Å².